The fourth-order valence-corrected chi connectivity index (χ4v) is 4.72. The number of nitrogens with zero attached hydrogens (tertiary/aromatic N) is 2. The van der Waals surface area contributed by atoms with Gasteiger partial charge in [0.25, 0.3) is 0 Å². The molecule has 2 N–H and O–H groups in total. The van der Waals surface area contributed by atoms with E-state index in [1.54, 1.807) is 18.2 Å². The molecule has 21 heavy (non-hydrogen) atoms. The lowest BCUT2D eigenvalue weighted by atomic mass is 10.3. The number of rotatable bonds is 4. The minimum atomic E-state index is -3.68. The van der Waals surface area contributed by atoms with Crippen LogP contribution in [0.5, 0.6) is 0 Å². The zero-order valence-corrected chi connectivity index (χ0v) is 13.6. The molecule has 0 atom stereocenters. The van der Waals surface area contributed by atoms with Crippen molar-refractivity contribution in [3.8, 4) is 0 Å². The molecule has 114 valence electrons. The summed E-state index contributed by atoms with van der Waals surface area (Å²) in [5, 5.41) is 6.80. The maximum absolute atomic E-state index is 11.5. The molecule has 0 saturated heterocycles. The molecule has 1 saturated carbocycles. The van der Waals surface area contributed by atoms with Gasteiger partial charge in [0.1, 0.15) is 0 Å². The van der Waals surface area contributed by atoms with Crippen molar-refractivity contribution >= 4 is 32.8 Å². The summed E-state index contributed by atoms with van der Waals surface area (Å²) in [6.07, 6.45) is 5.05. The van der Waals surface area contributed by atoms with Gasteiger partial charge in [-0.2, -0.15) is 0 Å². The standard InChI is InChI=1S/C14H19N3O2S2/c1-2-17-13-8-7-11(21(15,18)19)9-12(13)16-14(17)20-10-5-3-4-6-10/h7-10H,2-6H2,1H3,(H2,15,18,19). The van der Waals surface area contributed by atoms with Gasteiger partial charge in [0.15, 0.2) is 5.16 Å². The van der Waals surface area contributed by atoms with E-state index in [9.17, 15) is 8.42 Å². The fourth-order valence-electron chi connectivity index (χ4n) is 2.82. The molecule has 0 aliphatic heterocycles. The topological polar surface area (TPSA) is 78.0 Å². The van der Waals surface area contributed by atoms with Crippen LogP contribution < -0.4 is 5.14 Å². The van der Waals surface area contributed by atoms with Gasteiger partial charge in [-0.25, -0.2) is 18.5 Å². The SMILES string of the molecule is CCn1c(SC2CCCC2)nc2cc(S(N)(=O)=O)ccc21. The number of sulfonamides is 1. The van der Waals surface area contributed by atoms with E-state index in [2.05, 4.69) is 16.5 Å². The summed E-state index contributed by atoms with van der Waals surface area (Å²) < 4.78 is 25.1. The molecule has 7 heteroatoms. The molecular weight excluding hydrogens is 306 g/mol. The second-order valence-corrected chi connectivity index (χ2v) is 8.19. The van der Waals surface area contributed by atoms with E-state index in [4.69, 9.17) is 5.14 Å². The second-order valence-electron chi connectivity index (χ2n) is 5.36. The smallest absolute Gasteiger partial charge is 0.238 e. The number of hydrogen-bond acceptors (Lipinski definition) is 4. The van der Waals surface area contributed by atoms with Gasteiger partial charge in [0.2, 0.25) is 10.0 Å². The van der Waals surface area contributed by atoms with Crippen LogP contribution in [-0.2, 0) is 16.6 Å². The molecule has 1 heterocycles. The quantitative estimate of drug-likeness (QED) is 0.937. The van der Waals surface area contributed by atoms with Gasteiger partial charge in [-0.1, -0.05) is 24.6 Å². The Labute approximate surface area is 129 Å². The predicted molar refractivity (Wildman–Crippen MR) is 84.9 cm³/mol. The maximum Gasteiger partial charge on any atom is 0.238 e. The first-order chi connectivity index (χ1) is 9.99. The monoisotopic (exact) mass is 325 g/mol. The van der Waals surface area contributed by atoms with Crippen LogP contribution in [0.3, 0.4) is 0 Å². The summed E-state index contributed by atoms with van der Waals surface area (Å²) in [6.45, 7) is 2.90. The molecule has 3 rings (SSSR count). The minimum absolute atomic E-state index is 0.119. The Morgan fingerprint density at radius 1 is 1.38 bits per heavy atom. The van der Waals surface area contributed by atoms with Crippen LogP contribution in [0.4, 0.5) is 0 Å². The number of nitrogens with two attached hydrogens (primary N) is 1. The van der Waals surface area contributed by atoms with Crippen LogP contribution in [0.15, 0.2) is 28.3 Å². The number of benzene rings is 1. The zero-order chi connectivity index (χ0) is 15.0. The van der Waals surface area contributed by atoms with E-state index in [-0.39, 0.29) is 4.90 Å². The van der Waals surface area contributed by atoms with Crippen LogP contribution in [0.25, 0.3) is 11.0 Å². The Balaban J connectivity index is 2.04. The van der Waals surface area contributed by atoms with Crippen molar-refractivity contribution < 1.29 is 8.42 Å². The lowest BCUT2D eigenvalue weighted by molar-refractivity contribution is 0.598. The first-order valence-electron chi connectivity index (χ1n) is 7.19. The summed E-state index contributed by atoms with van der Waals surface area (Å²) >= 11 is 1.81. The highest BCUT2D eigenvalue weighted by molar-refractivity contribution is 7.99. The van der Waals surface area contributed by atoms with Crippen molar-refractivity contribution in [3.63, 3.8) is 0 Å². The highest BCUT2D eigenvalue weighted by Gasteiger charge is 2.20. The number of imidazole rings is 1. The van der Waals surface area contributed by atoms with Gasteiger partial charge in [-0.05, 0) is 38.0 Å². The first-order valence-corrected chi connectivity index (χ1v) is 9.61. The van der Waals surface area contributed by atoms with Crippen LogP contribution >= 0.6 is 11.8 Å². The van der Waals surface area contributed by atoms with E-state index >= 15 is 0 Å². The highest BCUT2D eigenvalue weighted by Crippen LogP contribution is 2.35. The van der Waals surface area contributed by atoms with Gasteiger partial charge < -0.3 is 4.57 Å². The third kappa shape index (κ3) is 2.95. The van der Waals surface area contributed by atoms with E-state index in [1.807, 2.05) is 11.8 Å². The number of primary sulfonamides is 1. The van der Waals surface area contributed by atoms with Crippen LogP contribution in [0.1, 0.15) is 32.6 Å². The summed E-state index contributed by atoms with van der Waals surface area (Å²) in [5.41, 5.74) is 1.66. The normalized spacial score (nSPS) is 16.9. The largest absolute Gasteiger partial charge is 0.319 e. The lowest BCUT2D eigenvalue weighted by Gasteiger charge is -2.09. The third-order valence-corrected chi connectivity index (χ3v) is 6.14. The Morgan fingerprint density at radius 2 is 2.10 bits per heavy atom. The van der Waals surface area contributed by atoms with Crippen molar-refractivity contribution in [1.82, 2.24) is 9.55 Å². The molecule has 1 aromatic carbocycles. The van der Waals surface area contributed by atoms with Crippen molar-refractivity contribution in [2.24, 2.45) is 5.14 Å². The first kappa shape index (κ1) is 14.9. The number of aromatic nitrogens is 2. The molecular formula is C14H19N3O2S2. The van der Waals surface area contributed by atoms with Crippen molar-refractivity contribution in [2.75, 3.05) is 0 Å². The maximum atomic E-state index is 11.5. The lowest BCUT2D eigenvalue weighted by Crippen LogP contribution is -2.11. The Bertz CT molecular complexity index is 762. The van der Waals surface area contributed by atoms with Crippen molar-refractivity contribution in [1.29, 1.82) is 0 Å². The van der Waals surface area contributed by atoms with E-state index in [0.29, 0.717) is 10.8 Å². The number of aryl methyl sites for hydroxylation is 1. The van der Waals surface area contributed by atoms with Crippen LogP contribution in [0, 0.1) is 0 Å². The molecule has 5 nitrogen and oxygen atoms in total. The van der Waals surface area contributed by atoms with Gasteiger partial charge in [-0.3, -0.25) is 0 Å². The average Bonchev–Trinajstić information content (AvgIpc) is 3.03. The molecule has 1 aromatic heterocycles. The van der Waals surface area contributed by atoms with Gasteiger partial charge >= 0.3 is 0 Å². The minimum Gasteiger partial charge on any atom is -0.319 e. The van der Waals surface area contributed by atoms with Crippen molar-refractivity contribution in [3.05, 3.63) is 18.2 Å². The van der Waals surface area contributed by atoms with Crippen molar-refractivity contribution in [2.45, 2.75) is 54.5 Å². The molecule has 0 spiro atoms. The van der Waals surface area contributed by atoms with E-state index in [1.165, 1.54) is 25.7 Å². The molecule has 1 aliphatic rings. The molecule has 1 aliphatic carbocycles. The Hall–Kier alpha value is -1.05. The molecule has 1 fully saturated rings. The average molecular weight is 325 g/mol. The summed E-state index contributed by atoms with van der Waals surface area (Å²) in [4.78, 5) is 4.75. The molecule has 0 radical (unpaired) electrons. The fraction of sp³-hybridized carbons (Fsp3) is 0.500. The van der Waals surface area contributed by atoms with Gasteiger partial charge in [0, 0.05) is 11.8 Å². The van der Waals surface area contributed by atoms with E-state index in [0.717, 1.165) is 17.2 Å². The second kappa shape index (κ2) is 5.62. The van der Waals surface area contributed by atoms with Crippen LogP contribution in [0.2, 0.25) is 0 Å². The highest BCUT2D eigenvalue weighted by atomic mass is 32.2. The van der Waals surface area contributed by atoms with Gasteiger partial charge in [-0.15, -0.1) is 0 Å². The molecule has 0 amide bonds. The summed E-state index contributed by atoms with van der Waals surface area (Å²) in [7, 11) is -3.68. The Kier molecular flexibility index (Phi) is 3.98. The summed E-state index contributed by atoms with van der Waals surface area (Å²) in [6, 6.07) is 4.91. The molecule has 2 aromatic rings. The molecule has 0 bridgehead atoms. The van der Waals surface area contributed by atoms with Crippen LogP contribution in [-0.4, -0.2) is 23.2 Å². The van der Waals surface area contributed by atoms with Gasteiger partial charge in [0.05, 0.1) is 15.9 Å². The zero-order valence-electron chi connectivity index (χ0n) is 11.9. The number of hydrogen-bond donors (Lipinski definition) is 1. The Morgan fingerprint density at radius 3 is 2.71 bits per heavy atom. The van der Waals surface area contributed by atoms with E-state index < -0.39 is 10.0 Å². The number of fused-ring (bicyclic) bond motifs is 1. The summed E-state index contributed by atoms with van der Waals surface area (Å²) in [5.74, 6) is 0. The predicted octanol–water partition coefficient (Wildman–Crippen LogP) is 2.74. The number of thioether (sulfide) groups is 1. The molecule has 0 unspecified atom stereocenters. The third-order valence-electron chi connectivity index (χ3n) is 3.90.